The van der Waals surface area contributed by atoms with E-state index in [4.69, 9.17) is 0 Å². The Kier molecular flexibility index (Phi) is 4.78. The summed E-state index contributed by atoms with van der Waals surface area (Å²) in [4.78, 5) is 12.2. The van der Waals surface area contributed by atoms with Crippen LogP contribution in [-0.4, -0.2) is 16.3 Å². The van der Waals surface area contributed by atoms with Gasteiger partial charge in [-0.2, -0.15) is 5.10 Å². The Balaban J connectivity index is 2.26. The lowest BCUT2D eigenvalue weighted by Gasteiger charge is -2.13. The molecule has 21 heavy (non-hydrogen) atoms. The van der Waals surface area contributed by atoms with Gasteiger partial charge in [-0.1, -0.05) is 24.6 Å². The summed E-state index contributed by atoms with van der Waals surface area (Å²) in [7, 11) is 0. The first kappa shape index (κ1) is 15.3. The van der Waals surface area contributed by atoms with Crippen LogP contribution in [0.3, 0.4) is 0 Å². The Morgan fingerprint density at radius 2 is 1.81 bits per heavy atom. The minimum atomic E-state index is -0.0736. The van der Waals surface area contributed by atoms with Crippen molar-refractivity contribution in [1.29, 1.82) is 0 Å². The fraction of sp³-hybridized carbons (Fsp3) is 0.412. The summed E-state index contributed by atoms with van der Waals surface area (Å²) in [6.07, 6.45) is 2.74. The summed E-state index contributed by atoms with van der Waals surface area (Å²) in [6.45, 7) is 9.70. The highest BCUT2D eigenvalue weighted by Gasteiger charge is 2.07. The highest BCUT2D eigenvalue weighted by atomic mass is 16.1. The van der Waals surface area contributed by atoms with Gasteiger partial charge in [-0.05, 0) is 43.9 Å². The van der Waals surface area contributed by atoms with Crippen LogP contribution in [0.4, 0.5) is 5.69 Å². The van der Waals surface area contributed by atoms with E-state index in [9.17, 15) is 4.79 Å². The van der Waals surface area contributed by atoms with E-state index in [1.54, 1.807) is 12.3 Å². The Morgan fingerprint density at radius 3 is 2.38 bits per heavy atom. The molecule has 0 aliphatic heterocycles. The van der Waals surface area contributed by atoms with Crippen LogP contribution in [0.2, 0.25) is 0 Å². The highest BCUT2D eigenvalue weighted by Crippen LogP contribution is 2.16. The zero-order valence-electron chi connectivity index (χ0n) is 13.2. The van der Waals surface area contributed by atoms with Gasteiger partial charge >= 0.3 is 0 Å². The van der Waals surface area contributed by atoms with Crippen molar-refractivity contribution < 1.29 is 0 Å². The highest BCUT2D eigenvalue weighted by molar-refractivity contribution is 5.40. The first-order valence-corrected chi connectivity index (χ1v) is 7.39. The minimum absolute atomic E-state index is 0.0736. The third-order valence-corrected chi connectivity index (χ3v) is 3.60. The van der Waals surface area contributed by atoms with E-state index >= 15 is 0 Å². The largest absolute Gasteiger partial charge is 0.384 e. The summed E-state index contributed by atoms with van der Waals surface area (Å²) >= 11 is 0. The molecule has 0 atom stereocenters. The van der Waals surface area contributed by atoms with Crippen LogP contribution in [0.25, 0.3) is 0 Å². The average Bonchev–Trinajstić information content (AvgIpc) is 2.42. The fourth-order valence-corrected chi connectivity index (χ4v) is 2.53. The summed E-state index contributed by atoms with van der Waals surface area (Å²) < 4.78 is 1.52. The number of benzene rings is 1. The first-order chi connectivity index (χ1) is 10.0. The second kappa shape index (κ2) is 6.57. The smallest absolute Gasteiger partial charge is 0.269 e. The maximum Gasteiger partial charge on any atom is 0.269 e. The van der Waals surface area contributed by atoms with Gasteiger partial charge in [0.15, 0.2) is 0 Å². The van der Waals surface area contributed by atoms with Crippen molar-refractivity contribution in [1.82, 2.24) is 9.78 Å². The molecule has 0 fully saturated rings. The summed E-state index contributed by atoms with van der Waals surface area (Å²) in [5.41, 5.74) is 5.53. The van der Waals surface area contributed by atoms with Crippen LogP contribution in [0.5, 0.6) is 0 Å². The van der Waals surface area contributed by atoms with Crippen molar-refractivity contribution in [3.05, 3.63) is 57.0 Å². The van der Waals surface area contributed by atoms with Crippen molar-refractivity contribution in [3.8, 4) is 0 Å². The van der Waals surface area contributed by atoms with E-state index in [0.29, 0.717) is 6.54 Å². The number of hydrogen-bond acceptors (Lipinski definition) is 3. The van der Waals surface area contributed by atoms with Crippen molar-refractivity contribution in [2.24, 2.45) is 0 Å². The molecule has 0 bridgehead atoms. The molecule has 0 aliphatic rings. The number of hydrogen-bond donors (Lipinski definition) is 1. The predicted molar refractivity (Wildman–Crippen MR) is 87.0 cm³/mol. The normalized spacial score (nSPS) is 10.7. The third-order valence-electron chi connectivity index (χ3n) is 3.60. The van der Waals surface area contributed by atoms with E-state index in [1.165, 1.54) is 26.9 Å². The Morgan fingerprint density at radius 1 is 1.14 bits per heavy atom. The average molecular weight is 285 g/mol. The molecule has 1 N–H and O–H groups in total. The van der Waals surface area contributed by atoms with E-state index in [-0.39, 0.29) is 5.56 Å². The topological polar surface area (TPSA) is 46.9 Å². The van der Waals surface area contributed by atoms with Crippen LogP contribution in [-0.2, 0) is 6.54 Å². The molecule has 112 valence electrons. The van der Waals surface area contributed by atoms with Gasteiger partial charge in [0.05, 0.1) is 18.4 Å². The Bertz CT molecular complexity index is 666. The molecule has 1 aromatic carbocycles. The maximum absolute atomic E-state index is 12.2. The summed E-state index contributed by atoms with van der Waals surface area (Å²) in [6, 6.07) is 5.90. The van der Waals surface area contributed by atoms with Crippen LogP contribution in [0.1, 0.15) is 35.6 Å². The minimum Gasteiger partial charge on any atom is -0.384 e. The number of nitrogens with zero attached hydrogens (tertiary/aromatic N) is 2. The molecule has 2 rings (SSSR count). The van der Waals surface area contributed by atoms with Crippen LogP contribution < -0.4 is 10.9 Å². The molecule has 0 spiro atoms. The number of nitrogens with one attached hydrogen (secondary N) is 1. The van der Waals surface area contributed by atoms with Gasteiger partial charge < -0.3 is 5.32 Å². The third kappa shape index (κ3) is 3.72. The molecular formula is C17H23N3O. The van der Waals surface area contributed by atoms with E-state index in [1.807, 2.05) is 0 Å². The molecule has 2 aromatic rings. The summed E-state index contributed by atoms with van der Waals surface area (Å²) in [5, 5.41) is 7.45. The molecule has 1 aromatic heterocycles. The molecule has 1 heterocycles. The zero-order valence-corrected chi connectivity index (χ0v) is 13.2. The molecular weight excluding hydrogens is 262 g/mol. The Labute approximate surface area is 125 Å². The van der Waals surface area contributed by atoms with Gasteiger partial charge in [-0.3, -0.25) is 4.79 Å². The molecule has 4 nitrogen and oxygen atoms in total. The van der Waals surface area contributed by atoms with Crippen molar-refractivity contribution in [3.63, 3.8) is 0 Å². The lowest BCUT2D eigenvalue weighted by Crippen LogP contribution is -2.24. The van der Waals surface area contributed by atoms with Gasteiger partial charge in [0, 0.05) is 12.6 Å². The quantitative estimate of drug-likeness (QED) is 0.918. The maximum atomic E-state index is 12.2. The molecule has 0 saturated carbocycles. The first-order valence-electron chi connectivity index (χ1n) is 7.39. The second-order valence-electron chi connectivity index (χ2n) is 5.54. The van der Waals surface area contributed by atoms with E-state index in [2.05, 4.69) is 50.2 Å². The fourth-order valence-electron chi connectivity index (χ4n) is 2.53. The molecule has 4 heteroatoms. The predicted octanol–water partition coefficient (Wildman–Crippen LogP) is 3.04. The van der Waals surface area contributed by atoms with Gasteiger partial charge in [-0.15, -0.1) is 0 Å². The molecule has 0 amide bonds. The molecule has 0 radical (unpaired) electrons. The monoisotopic (exact) mass is 285 g/mol. The molecule has 0 aliphatic carbocycles. The lowest BCUT2D eigenvalue weighted by atomic mass is 10.00. The molecule has 0 saturated heterocycles. The zero-order chi connectivity index (χ0) is 15.4. The van der Waals surface area contributed by atoms with E-state index < -0.39 is 0 Å². The lowest BCUT2D eigenvalue weighted by molar-refractivity contribution is 0.635. The van der Waals surface area contributed by atoms with Crippen LogP contribution in [0.15, 0.2) is 29.2 Å². The SMILES string of the molecule is CCCNc1cnn(Cc2c(C)cc(C)cc2C)c(=O)c1. The van der Waals surface area contributed by atoms with Crippen molar-refractivity contribution >= 4 is 5.69 Å². The number of aryl methyl sites for hydroxylation is 3. The number of anilines is 1. The van der Waals surface area contributed by atoms with Gasteiger partial charge in [0.1, 0.15) is 0 Å². The van der Waals surface area contributed by atoms with Crippen LogP contribution >= 0.6 is 0 Å². The Hall–Kier alpha value is -2.10. The second-order valence-corrected chi connectivity index (χ2v) is 5.54. The van der Waals surface area contributed by atoms with Crippen LogP contribution in [0, 0.1) is 20.8 Å². The van der Waals surface area contributed by atoms with Crippen molar-refractivity contribution in [2.75, 3.05) is 11.9 Å². The molecule has 0 unspecified atom stereocenters. The van der Waals surface area contributed by atoms with E-state index in [0.717, 1.165) is 18.7 Å². The number of rotatable bonds is 5. The summed E-state index contributed by atoms with van der Waals surface area (Å²) in [5.74, 6) is 0. The van der Waals surface area contributed by atoms with Gasteiger partial charge in [0.2, 0.25) is 0 Å². The van der Waals surface area contributed by atoms with Gasteiger partial charge in [0.25, 0.3) is 5.56 Å². The standard InChI is InChI=1S/C17H23N3O/c1-5-6-18-15-9-17(21)20(19-10-15)11-16-13(3)7-12(2)8-14(16)4/h7-10,18H,5-6,11H2,1-4H3. The van der Waals surface area contributed by atoms with Gasteiger partial charge in [-0.25, -0.2) is 4.68 Å². The number of aromatic nitrogens is 2. The van der Waals surface area contributed by atoms with Crippen molar-refractivity contribution in [2.45, 2.75) is 40.7 Å².